The third kappa shape index (κ3) is 3.36. The van der Waals surface area contributed by atoms with Gasteiger partial charge in [-0.15, -0.1) is 0 Å². The minimum absolute atomic E-state index is 0.00935. The lowest BCUT2D eigenvalue weighted by molar-refractivity contribution is 0.220. The standard InChI is InChI=1S/C10H17N3O2/c1-8(2)9(3-6-14)12-10(15)13-5-4-11-7-13/h4-5,7-9,14H,3,6H2,1-2H3,(H,12,15). The van der Waals surface area contributed by atoms with Gasteiger partial charge in [0.15, 0.2) is 0 Å². The van der Waals surface area contributed by atoms with Gasteiger partial charge in [-0.25, -0.2) is 9.78 Å². The Labute approximate surface area is 89.1 Å². The first-order valence-corrected chi connectivity index (χ1v) is 5.05. The Morgan fingerprint density at radius 1 is 1.60 bits per heavy atom. The number of rotatable bonds is 4. The predicted octanol–water partition coefficient (Wildman–Crippen LogP) is 0.848. The molecule has 0 aliphatic heterocycles. The lowest BCUT2D eigenvalue weighted by Gasteiger charge is -2.21. The van der Waals surface area contributed by atoms with Crippen molar-refractivity contribution in [3.05, 3.63) is 18.7 Å². The Kier molecular flexibility index (Phi) is 4.30. The van der Waals surface area contributed by atoms with Crippen LogP contribution in [-0.2, 0) is 0 Å². The highest BCUT2D eigenvalue weighted by Gasteiger charge is 2.15. The van der Waals surface area contributed by atoms with Crippen molar-refractivity contribution in [1.82, 2.24) is 14.9 Å². The summed E-state index contributed by atoms with van der Waals surface area (Å²) in [6.45, 7) is 4.09. The van der Waals surface area contributed by atoms with Crippen LogP contribution in [0.2, 0.25) is 0 Å². The SMILES string of the molecule is CC(C)C(CCO)NC(=O)n1ccnc1. The topological polar surface area (TPSA) is 67.2 Å². The van der Waals surface area contributed by atoms with Crippen molar-refractivity contribution in [2.45, 2.75) is 26.3 Å². The van der Waals surface area contributed by atoms with Gasteiger partial charge >= 0.3 is 6.03 Å². The lowest BCUT2D eigenvalue weighted by atomic mass is 10.0. The van der Waals surface area contributed by atoms with Gasteiger partial charge in [-0.2, -0.15) is 0 Å². The number of carbonyl (C=O) groups excluding carboxylic acids is 1. The van der Waals surface area contributed by atoms with Crippen molar-refractivity contribution in [3.8, 4) is 0 Å². The Balaban J connectivity index is 2.55. The molecular weight excluding hydrogens is 194 g/mol. The van der Waals surface area contributed by atoms with Crippen LogP contribution in [0.3, 0.4) is 0 Å². The smallest absolute Gasteiger partial charge is 0.327 e. The van der Waals surface area contributed by atoms with Crippen molar-refractivity contribution in [3.63, 3.8) is 0 Å². The van der Waals surface area contributed by atoms with E-state index in [4.69, 9.17) is 5.11 Å². The molecule has 0 aliphatic carbocycles. The van der Waals surface area contributed by atoms with E-state index in [-0.39, 0.29) is 18.7 Å². The maximum atomic E-state index is 11.6. The van der Waals surface area contributed by atoms with E-state index in [1.165, 1.54) is 10.9 Å². The average Bonchev–Trinajstić information content (AvgIpc) is 2.69. The fourth-order valence-corrected chi connectivity index (χ4v) is 1.32. The number of carbonyl (C=O) groups is 1. The van der Waals surface area contributed by atoms with Crippen LogP contribution in [-0.4, -0.2) is 33.3 Å². The summed E-state index contributed by atoms with van der Waals surface area (Å²) in [6.07, 6.45) is 5.16. The number of hydrogen-bond acceptors (Lipinski definition) is 3. The summed E-state index contributed by atoms with van der Waals surface area (Å²) in [5.41, 5.74) is 0. The summed E-state index contributed by atoms with van der Waals surface area (Å²) >= 11 is 0. The van der Waals surface area contributed by atoms with Crippen LogP contribution in [0.25, 0.3) is 0 Å². The largest absolute Gasteiger partial charge is 0.396 e. The van der Waals surface area contributed by atoms with E-state index < -0.39 is 0 Å². The summed E-state index contributed by atoms with van der Waals surface area (Å²) in [7, 11) is 0. The number of aliphatic hydroxyl groups is 1. The zero-order valence-corrected chi connectivity index (χ0v) is 9.05. The molecule has 1 aromatic rings. The lowest BCUT2D eigenvalue weighted by Crippen LogP contribution is -2.41. The molecule has 1 heterocycles. The highest BCUT2D eigenvalue weighted by atomic mass is 16.3. The number of aromatic nitrogens is 2. The number of amides is 1. The van der Waals surface area contributed by atoms with Crippen molar-refractivity contribution >= 4 is 6.03 Å². The van der Waals surface area contributed by atoms with E-state index in [1.807, 2.05) is 13.8 Å². The molecule has 0 saturated carbocycles. The quantitative estimate of drug-likeness (QED) is 0.775. The molecule has 15 heavy (non-hydrogen) atoms. The molecule has 0 fully saturated rings. The third-order valence-corrected chi connectivity index (χ3v) is 2.29. The minimum atomic E-state index is -0.209. The highest BCUT2D eigenvalue weighted by molar-refractivity contribution is 5.76. The van der Waals surface area contributed by atoms with E-state index in [0.717, 1.165) is 0 Å². The molecule has 0 aliphatic rings. The van der Waals surface area contributed by atoms with Gasteiger partial charge in [-0.1, -0.05) is 13.8 Å². The second kappa shape index (κ2) is 5.50. The predicted molar refractivity (Wildman–Crippen MR) is 56.5 cm³/mol. The summed E-state index contributed by atoms with van der Waals surface area (Å²) in [5.74, 6) is 0.296. The first-order valence-electron chi connectivity index (χ1n) is 5.05. The molecular formula is C10H17N3O2. The first kappa shape index (κ1) is 11.7. The zero-order chi connectivity index (χ0) is 11.3. The molecule has 1 amide bonds. The van der Waals surface area contributed by atoms with Crippen molar-refractivity contribution in [2.24, 2.45) is 5.92 Å². The monoisotopic (exact) mass is 211 g/mol. The Morgan fingerprint density at radius 3 is 2.80 bits per heavy atom. The summed E-state index contributed by atoms with van der Waals surface area (Å²) < 4.78 is 1.38. The van der Waals surface area contributed by atoms with Gasteiger partial charge in [0.05, 0.1) is 0 Å². The van der Waals surface area contributed by atoms with E-state index in [2.05, 4.69) is 10.3 Å². The summed E-state index contributed by atoms with van der Waals surface area (Å²) in [5, 5.41) is 11.7. The van der Waals surface area contributed by atoms with Crippen LogP contribution in [0.1, 0.15) is 20.3 Å². The molecule has 0 spiro atoms. The van der Waals surface area contributed by atoms with Crippen molar-refractivity contribution in [2.75, 3.05) is 6.61 Å². The molecule has 0 aromatic carbocycles. The van der Waals surface area contributed by atoms with Gasteiger partial charge in [0, 0.05) is 25.0 Å². The van der Waals surface area contributed by atoms with E-state index in [1.54, 1.807) is 12.4 Å². The van der Waals surface area contributed by atoms with E-state index in [0.29, 0.717) is 12.3 Å². The number of hydrogen-bond donors (Lipinski definition) is 2. The molecule has 0 radical (unpaired) electrons. The number of imidazole rings is 1. The highest BCUT2D eigenvalue weighted by Crippen LogP contribution is 2.05. The number of nitrogens with one attached hydrogen (secondary N) is 1. The van der Waals surface area contributed by atoms with Gasteiger partial charge in [0.2, 0.25) is 0 Å². The van der Waals surface area contributed by atoms with Crippen molar-refractivity contribution in [1.29, 1.82) is 0 Å². The Hall–Kier alpha value is -1.36. The zero-order valence-electron chi connectivity index (χ0n) is 9.05. The molecule has 5 heteroatoms. The van der Waals surface area contributed by atoms with Gasteiger partial charge in [-0.05, 0) is 12.3 Å². The van der Waals surface area contributed by atoms with Gasteiger partial charge in [-0.3, -0.25) is 4.57 Å². The van der Waals surface area contributed by atoms with Gasteiger partial charge in [0.25, 0.3) is 0 Å². The molecule has 1 atom stereocenters. The molecule has 1 unspecified atom stereocenters. The van der Waals surface area contributed by atoms with Crippen molar-refractivity contribution < 1.29 is 9.90 Å². The fourth-order valence-electron chi connectivity index (χ4n) is 1.32. The second-order valence-corrected chi connectivity index (χ2v) is 3.78. The molecule has 84 valence electrons. The Morgan fingerprint density at radius 2 is 2.33 bits per heavy atom. The minimum Gasteiger partial charge on any atom is -0.396 e. The molecule has 5 nitrogen and oxygen atoms in total. The summed E-state index contributed by atoms with van der Waals surface area (Å²) in [4.78, 5) is 15.4. The van der Waals surface area contributed by atoms with Crippen LogP contribution < -0.4 is 5.32 Å². The molecule has 0 bridgehead atoms. The normalized spacial score (nSPS) is 12.8. The van der Waals surface area contributed by atoms with E-state index >= 15 is 0 Å². The molecule has 1 aromatic heterocycles. The number of nitrogens with zero attached hydrogens (tertiary/aromatic N) is 2. The van der Waals surface area contributed by atoms with Crippen LogP contribution >= 0.6 is 0 Å². The summed E-state index contributed by atoms with van der Waals surface area (Å²) in [6, 6.07) is -0.218. The molecule has 0 saturated heterocycles. The Bertz CT molecular complexity index is 296. The fraction of sp³-hybridized carbons (Fsp3) is 0.600. The van der Waals surface area contributed by atoms with Crippen LogP contribution in [0, 0.1) is 5.92 Å². The van der Waals surface area contributed by atoms with Crippen LogP contribution in [0.4, 0.5) is 4.79 Å². The third-order valence-electron chi connectivity index (χ3n) is 2.29. The van der Waals surface area contributed by atoms with Gasteiger partial charge in [0.1, 0.15) is 6.33 Å². The van der Waals surface area contributed by atoms with Crippen LogP contribution in [0.15, 0.2) is 18.7 Å². The average molecular weight is 211 g/mol. The second-order valence-electron chi connectivity index (χ2n) is 3.78. The molecule has 2 N–H and O–H groups in total. The van der Waals surface area contributed by atoms with Gasteiger partial charge < -0.3 is 10.4 Å². The molecule has 1 rings (SSSR count). The van der Waals surface area contributed by atoms with Crippen LogP contribution in [0.5, 0.6) is 0 Å². The van der Waals surface area contributed by atoms with E-state index in [9.17, 15) is 4.79 Å². The maximum Gasteiger partial charge on any atom is 0.327 e. The first-order chi connectivity index (χ1) is 7.15. The number of aliphatic hydroxyl groups excluding tert-OH is 1. The maximum absolute atomic E-state index is 11.6.